The van der Waals surface area contributed by atoms with Crippen LogP contribution in [0, 0.1) is 0 Å². The number of aliphatic imine (C=N–C) groups is 1. The Morgan fingerprint density at radius 2 is 2.09 bits per heavy atom. The van der Waals surface area contributed by atoms with Crippen LogP contribution in [-0.4, -0.2) is 63.5 Å². The SMILES string of the molecule is CCCOc1ccc(N=C(N)N2CCOCC2)cc1-c1nc2c(CC)nn(C)c2c(=O)[nH]1. The third-order valence-corrected chi connectivity index (χ3v) is 5.36. The number of fused-ring (bicyclic) bond motifs is 1. The monoisotopic (exact) mass is 439 g/mol. The number of hydrogen-bond acceptors (Lipinski definition) is 6. The van der Waals surface area contributed by atoms with Crippen LogP contribution < -0.4 is 16.0 Å². The molecule has 3 N–H and O–H groups in total. The molecule has 0 radical (unpaired) electrons. The van der Waals surface area contributed by atoms with Gasteiger partial charge in [-0.2, -0.15) is 5.10 Å². The van der Waals surface area contributed by atoms with Crippen LogP contribution in [0.2, 0.25) is 0 Å². The van der Waals surface area contributed by atoms with Gasteiger partial charge in [0.25, 0.3) is 5.56 Å². The standard InChI is InChI=1S/C22H29N7O3/c1-4-10-32-17-7-6-14(24-22(23)29-8-11-31-12-9-29)13-15(17)20-25-18-16(5-2)27-28(3)19(18)21(30)26-20/h6-7,13H,4-5,8-12H2,1-3H3,(H2,23,24)(H,25,26,30). The van der Waals surface area contributed by atoms with Gasteiger partial charge in [-0.05, 0) is 31.0 Å². The van der Waals surface area contributed by atoms with Gasteiger partial charge >= 0.3 is 0 Å². The zero-order valence-electron chi connectivity index (χ0n) is 18.7. The van der Waals surface area contributed by atoms with E-state index in [0.717, 1.165) is 12.1 Å². The van der Waals surface area contributed by atoms with Gasteiger partial charge in [-0.25, -0.2) is 9.98 Å². The number of ether oxygens (including phenoxy) is 2. The van der Waals surface area contributed by atoms with Crippen molar-refractivity contribution in [3.63, 3.8) is 0 Å². The van der Waals surface area contributed by atoms with Crippen molar-refractivity contribution in [2.75, 3.05) is 32.9 Å². The molecule has 0 amide bonds. The van der Waals surface area contributed by atoms with Gasteiger partial charge in [-0.15, -0.1) is 0 Å². The Hall–Kier alpha value is -3.40. The zero-order chi connectivity index (χ0) is 22.7. The lowest BCUT2D eigenvalue weighted by molar-refractivity contribution is 0.0675. The molecule has 1 aliphatic rings. The molecule has 3 aromatic rings. The van der Waals surface area contributed by atoms with Crippen LogP contribution in [0.3, 0.4) is 0 Å². The molecule has 0 spiro atoms. The first-order valence-electron chi connectivity index (χ1n) is 10.9. The molecule has 2 aromatic heterocycles. The minimum atomic E-state index is -0.247. The number of aromatic nitrogens is 4. The molecule has 0 saturated carbocycles. The number of guanidine groups is 1. The van der Waals surface area contributed by atoms with Gasteiger partial charge in [-0.1, -0.05) is 13.8 Å². The summed E-state index contributed by atoms with van der Waals surface area (Å²) < 4.78 is 12.9. The molecule has 32 heavy (non-hydrogen) atoms. The number of H-pyrrole nitrogens is 1. The average Bonchev–Trinajstić information content (AvgIpc) is 3.14. The minimum absolute atomic E-state index is 0.247. The highest BCUT2D eigenvalue weighted by Crippen LogP contribution is 2.32. The summed E-state index contributed by atoms with van der Waals surface area (Å²) in [4.78, 5) is 27.1. The van der Waals surface area contributed by atoms with Crippen LogP contribution in [-0.2, 0) is 18.2 Å². The summed E-state index contributed by atoms with van der Waals surface area (Å²) >= 11 is 0. The van der Waals surface area contributed by atoms with E-state index in [-0.39, 0.29) is 5.56 Å². The van der Waals surface area contributed by atoms with E-state index in [1.54, 1.807) is 11.7 Å². The molecule has 10 heteroatoms. The number of morpholine rings is 1. The molecule has 1 saturated heterocycles. The van der Waals surface area contributed by atoms with E-state index in [9.17, 15) is 4.79 Å². The fourth-order valence-electron chi connectivity index (χ4n) is 3.72. The quantitative estimate of drug-likeness (QED) is 0.444. The maximum absolute atomic E-state index is 12.9. The van der Waals surface area contributed by atoms with Crippen molar-refractivity contribution >= 4 is 22.7 Å². The molecule has 0 unspecified atom stereocenters. The van der Waals surface area contributed by atoms with E-state index in [1.165, 1.54) is 0 Å². The Labute approximate surface area is 186 Å². The highest BCUT2D eigenvalue weighted by molar-refractivity contribution is 5.83. The number of nitrogens with one attached hydrogen (secondary N) is 1. The van der Waals surface area contributed by atoms with Gasteiger partial charge in [0.05, 0.1) is 36.8 Å². The van der Waals surface area contributed by atoms with Crippen molar-refractivity contribution < 1.29 is 9.47 Å². The van der Waals surface area contributed by atoms with Crippen LogP contribution in [0.4, 0.5) is 5.69 Å². The lowest BCUT2D eigenvalue weighted by atomic mass is 10.1. The van der Waals surface area contributed by atoms with Crippen molar-refractivity contribution in [1.82, 2.24) is 24.6 Å². The largest absolute Gasteiger partial charge is 0.493 e. The second-order valence-electron chi connectivity index (χ2n) is 7.63. The fraction of sp³-hybridized carbons (Fsp3) is 0.455. The normalized spacial score (nSPS) is 14.8. The third-order valence-electron chi connectivity index (χ3n) is 5.36. The van der Waals surface area contributed by atoms with Crippen molar-refractivity contribution in [2.24, 2.45) is 17.8 Å². The molecule has 10 nitrogen and oxygen atoms in total. The van der Waals surface area contributed by atoms with Crippen LogP contribution in [0.5, 0.6) is 5.75 Å². The van der Waals surface area contributed by atoms with Gasteiger partial charge < -0.3 is 25.1 Å². The molecule has 1 aromatic carbocycles. The van der Waals surface area contributed by atoms with Crippen molar-refractivity contribution in [3.8, 4) is 17.1 Å². The predicted octanol–water partition coefficient (Wildman–Crippen LogP) is 1.95. The van der Waals surface area contributed by atoms with Gasteiger partial charge in [0.15, 0.2) is 11.5 Å². The van der Waals surface area contributed by atoms with Gasteiger partial charge in [0.2, 0.25) is 0 Å². The lowest BCUT2D eigenvalue weighted by Crippen LogP contribution is -2.44. The Morgan fingerprint density at radius 3 is 2.81 bits per heavy atom. The molecule has 1 aliphatic heterocycles. The Kier molecular flexibility index (Phi) is 6.40. The molecule has 3 heterocycles. The summed E-state index contributed by atoms with van der Waals surface area (Å²) in [7, 11) is 1.75. The van der Waals surface area contributed by atoms with E-state index < -0.39 is 0 Å². The van der Waals surface area contributed by atoms with Crippen molar-refractivity contribution in [2.45, 2.75) is 26.7 Å². The Balaban J connectivity index is 1.80. The molecular formula is C22H29N7O3. The van der Waals surface area contributed by atoms with Crippen molar-refractivity contribution in [3.05, 3.63) is 34.2 Å². The van der Waals surface area contributed by atoms with Crippen LogP contribution in [0.15, 0.2) is 28.0 Å². The number of aromatic amines is 1. The first kappa shape index (κ1) is 21.8. The molecule has 170 valence electrons. The van der Waals surface area contributed by atoms with Crippen molar-refractivity contribution in [1.29, 1.82) is 0 Å². The molecule has 0 bridgehead atoms. The number of nitrogens with zero attached hydrogens (tertiary/aromatic N) is 5. The first-order chi connectivity index (χ1) is 15.5. The number of aryl methyl sites for hydroxylation is 2. The summed E-state index contributed by atoms with van der Waals surface area (Å²) in [6, 6.07) is 5.52. The van der Waals surface area contributed by atoms with Gasteiger partial charge in [0.1, 0.15) is 17.1 Å². The van der Waals surface area contributed by atoms with Crippen LogP contribution in [0.25, 0.3) is 22.4 Å². The van der Waals surface area contributed by atoms with E-state index in [4.69, 9.17) is 20.2 Å². The summed E-state index contributed by atoms with van der Waals surface area (Å²) in [5.41, 5.74) is 9.11. The minimum Gasteiger partial charge on any atom is -0.493 e. The lowest BCUT2D eigenvalue weighted by Gasteiger charge is -2.27. The topological polar surface area (TPSA) is 124 Å². The average molecular weight is 440 g/mol. The van der Waals surface area contributed by atoms with E-state index >= 15 is 0 Å². The maximum atomic E-state index is 12.9. The molecule has 0 aliphatic carbocycles. The molecule has 0 atom stereocenters. The molecule has 4 rings (SSSR count). The number of rotatable bonds is 6. The highest BCUT2D eigenvalue weighted by Gasteiger charge is 2.18. The van der Waals surface area contributed by atoms with E-state index in [0.29, 0.717) is 79.1 Å². The van der Waals surface area contributed by atoms with E-state index in [2.05, 4.69) is 15.1 Å². The number of benzene rings is 1. The number of nitrogens with two attached hydrogens (primary N) is 1. The highest BCUT2D eigenvalue weighted by atomic mass is 16.5. The smallest absolute Gasteiger partial charge is 0.277 e. The summed E-state index contributed by atoms with van der Waals surface area (Å²) in [6.07, 6.45) is 1.53. The third kappa shape index (κ3) is 4.31. The first-order valence-corrected chi connectivity index (χ1v) is 10.9. The van der Waals surface area contributed by atoms with Gasteiger partial charge in [0, 0.05) is 20.1 Å². The second kappa shape index (κ2) is 9.39. The fourth-order valence-corrected chi connectivity index (χ4v) is 3.72. The van der Waals surface area contributed by atoms with Gasteiger partial charge in [-0.3, -0.25) is 9.48 Å². The number of hydrogen-bond donors (Lipinski definition) is 2. The van der Waals surface area contributed by atoms with Crippen LogP contribution in [0.1, 0.15) is 26.0 Å². The molecule has 1 fully saturated rings. The summed E-state index contributed by atoms with van der Waals surface area (Å²) in [5.74, 6) is 1.47. The summed E-state index contributed by atoms with van der Waals surface area (Å²) in [5, 5.41) is 4.43. The molecular weight excluding hydrogens is 410 g/mol. The predicted molar refractivity (Wildman–Crippen MR) is 123 cm³/mol. The maximum Gasteiger partial charge on any atom is 0.277 e. The van der Waals surface area contributed by atoms with E-state index in [1.807, 2.05) is 36.9 Å². The Morgan fingerprint density at radius 1 is 1.31 bits per heavy atom. The summed E-state index contributed by atoms with van der Waals surface area (Å²) in [6.45, 7) is 7.23. The second-order valence-corrected chi connectivity index (χ2v) is 7.63. The van der Waals surface area contributed by atoms with Crippen LogP contribution >= 0.6 is 0 Å². The Bertz CT molecular complexity index is 1190. The zero-order valence-corrected chi connectivity index (χ0v) is 18.7.